The van der Waals surface area contributed by atoms with Crippen LogP contribution in [0.15, 0.2) is 0 Å². The molecule has 0 fully saturated rings. The Balaban J connectivity index is 3.87. The highest BCUT2D eigenvalue weighted by Gasteiger charge is 2.13. The van der Waals surface area contributed by atoms with Gasteiger partial charge in [0.25, 0.3) is 0 Å². The maximum Gasteiger partial charge on any atom is 0.325 e. The van der Waals surface area contributed by atoms with Crippen molar-refractivity contribution in [2.45, 2.75) is 19.8 Å². The summed E-state index contributed by atoms with van der Waals surface area (Å²) < 4.78 is 4.44. The summed E-state index contributed by atoms with van der Waals surface area (Å²) in [5.41, 5.74) is 0. The normalized spacial score (nSPS) is 11.5. The Morgan fingerprint density at radius 1 is 1.39 bits per heavy atom. The van der Waals surface area contributed by atoms with Crippen molar-refractivity contribution >= 4 is 18.0 Å². The molecule has 0 aliphatic carbocycles. The largest absolute Gasteiger partial charge is 0.481 e. The van der Waals surface area contributed by atoms with Gasteiger partial charge in [-0.3, -0.25) is 9.59 Å². The molecule has 7 nitrogen and oxygen atoms in total. The number of rotatable bonds is 7. The number of carboxylic acid groups (broad SMARTS) is 1. The van der Waals surface area contributed by atoms with E-state index in [1.165, 1.54) is 19.1 Å². The zero-order valence-corrected chi connectivity index (χ0v) is 10.9. The van der Waals surface area contributed by atoms with Crippen LogP contribution in [0.4, 0.5) is 4.79 Å². The van der Waals surface area contributed by atoms with Crippen molar-refractivity contribution in [1.29, 1.82) is 0 Å². The van der Waals surface area contributed by atoms with Crippen molar-refractivity contribution in [2.75, 3.05) is 27.2 Å². The Labute approximate surface area is 106 Å². The number of carbonyl (C=O) groups excluding carboxylic acids is 2. The topological polar surface area (TPSA) is 95.9 Å². The molecule has 0 aliphatic heterocycles. The molecule has 0 rings (SSSR count). The molecule has 2 amide bonds. The van der Waals surface area contributed by atoms with Crippen LogP contribution in [0, 0.1) is 5.92 Å². The number of hydrogen-bond donors (Lipinski definition) is 2. The minimum absolute atomic E-state index is 0.0663. The standard InChI is InChI=1S/C11H20N2O5/c1-8(4-5-9(14)15)6-12-11(17)13(2)7-10(16)18-3/h8H,4-7H2,1-3H3,(H,12,17)(H,14,15). The average Bonchev–Trinajstić information content (AvgIpc) is 2.32. The number of hydrogen-bond acceptors (Lipinski definition) is 4. The SMILES string of the molecule is COC(=O)CN(C)C(=O)NCC(C)CCC(=O)O. The van der Waals surface area contributed by atoms with Crippen LogP contribution in [0.25, 0.3) is 0 Å². The van der Waals surface area contributed by atoms with Gasteiger partial charge in [0, 0.05) is 20.0 Å². The lowest BCUT2D eigenvalue weighted by Crippen LogP contribution is -2.41. The molecule has 1 unspecified atom stereocenters. The molecule has 0 saturated carbocycles. The van der Waals surface area contributed by atoms with Gasteiger partial charge in [-0.2, -0.15) is 0 Å². The van der Waals surface area contributed by atoms with Gasteiger partial charge in [0.05, 0.1) is 7.11 Å². The Kier molecular flexibility index (Phi) is 7.50. The highest BCUT2D eigenvalue weighted by Crippen LogP contribution is 2.03. The maximum atomic E-state index is 11.5. The van der Waals surface area contributed by atoms with E-state index in [2.05, 4.69) is 10.1 Å². The summed E-state index contributed by atoms with van der Waals surface area (Å²) in [4.78, 5) is 34.0. The number of nitrogens with one attached hydrogen (secondary N) is 1. The maximum absolute atomic E-state index is 11.5. The lowest BCUT2D eigenvalue weighted by atomic mass is 10.1. The molecule has 0 heterocycles. The van der Waals surface area contributed by atoms with Crippen LogP contribution in [-0.4, -0.2) is 55.2 Å². The van der Waals surface area contributed by atoms with Gasteiger partial charge in [0.15, 0.2) is 0 Å². The molecule has 7 heteroatoms. The molecule has 0 radical (unpaired) electrons. The van der Waals surface area contributed by atoms with E-state index >= 15 is 0 Å². The van der Waals surface area contributed by atoms with Gasteiger partial charge >= 0.3 is 18.0 Å². The zero-order valence-electron chi connectivity index (χ0n) is 10.9. The molecule has 0 saturated heterocycles. The van der Waals surface area contributed by atoms with Crippen LogP contribution in [-0.2, 0) is 14.3 Å². The van der Waals surface area contributed by atoms with Gasteiger partial charge in [0.2, 0.25) is 0 Å². The van der Waals surface area contributed by atoms with Gasteiger partial charge < -0.3 is 20.1 Å². The number of urea groups is 1. The van der Waals surface area contributed by atoms with Gasteiger partial charge in [-0.15, -0.1) is 0 Å². The van der Waals surface area contributed by atoms with Crippen LogP contribution in [0.1, 0.15) is 19.8 Å². The lowest BCUT2D eigenvalue weighted by Gasteiger charge is -2.18. The molecule has 18 heavy (non-hydrogen) atoms. The average molecular weight is 260 g/mol. The Hall–Kier alpha value is -1.79. The number of likely N-dealkylation sites (N-methyl/N-ethyl adjacent to an activating group) is 1. The number of methoxy groups -OCH3 is 1. The van der Waals surface area contributed by atoms with E-state index in [1.807, 2.05) is 6.92 Å². The van der Waals surface area contributed by atoms with Crippen molar-refractivity contribution in [3.05, 3.63) is 0 Å². The van der Waals surface area contributed by atoms with Gasteiger partial charge in [-0.25, -0.2) is 4.79 Å². The quantitative estimate of drug-likeness (QED) is 0.642. The molecule has 2 N–H and O–H groups in total. The third-order valence-electron chi connectivity index (χ3n) is 2.39. The summed E-state index contributed by atoms with van der Waals surface area (Å²) in [5, 5.41) is 11.1. The number of esters is 1. The number of nitrogens with zero attached hydrogens (tertiary/aromatic N) is 1. The number of aliphatic carboxylic acids is 1. The van der Waals surface area contributed by atoms with Crippen molar-refractivity contribution < 1.29 is 24.2 Å². The summed E-state index contributed by atoms with van der Waals surface area (Å²) in [5.74, 6) is -1.28. The minimum atomic E-state index is -0.851. The number of carbonyl (C=O) groups is 3. The Bertz CT molecular complexity index is 306. The summed E-state index contributed by atoms with van der Waals surface area (Å²) in [7, 11) is 2.73. The molecule has 104 valence electrons. The molecule has 0 aromatic heterocycles. The highest BCUT2D eigenvalue weighted by atomic mass is 16.5. The molecule has 1 atom stereocenters. The summed E-state index contributed by atoms with van der Waals surface area (Å²) in [6.45, 7) is 2.10. The van der Waals surface area contributed by atoms with Crippen LogP contribution in [0.3, 0.4) is 0 Å². The fourth-order valence-electron chi connectivity index (χ4n) is 1.20. The van der Waals surface area contributed by atoms with E-state index in [-0.39, 0.29) is 24.9 Å². The van der Waals surface area contributed by atoms with Gasteiger partial charge in [-0.1, -0.05) is 6.92 Å². The highest BCUT2D eigenvalue weighted by molar-refractivity contribution is 5.80. The first kappa shape index (κ1) is 16.2. The van der Waals surface area contributed by atoms with Crippen LogP contribution in [0.5, 0.6) is 0 Å². The predicted molar refractivity (Wildman–Crippen MR) is 64.1 cm³/mol. The summed E-state index contributed by atoms with van der Waals surface area (Å²) in [6, 6.07) is -0.387. The van der Waals surface area contributed by atoms with Crippen LogP contribution in [0.2, 0.25) is 0 Å². The predicted octanol–water partition coefficient (Wildman–Crippen LogP) is 0.302. The van der Waals surface area contributed by atoms with E-state index in [4.69, 9.17) is 5.11 Å². The van der Waals surface area contributed by atoms with E-state index < -0.39 is 11.9 Å². The molecular formula is C11H20N2O5. The Morgan fingerprint density at radius 2 is 2.00 bits per heavy atom. The van der Waals surface area contributed by atoms with E-state index in [0.717, 1.165) is 0 Å². The van der Waals surface area contributed by atoms with E-state index in [9.17, 15) is 14.4 Å². The summed E-state index contributed by atoms with van der Waals surface area (Å²) >= 11 is 0. The molecule has 0 aromatic carbocycles. The monoisotopic (exact) mass is 260 g/mol. The fourth-order valence-corrected chi connectivity index (χ4v) is 1.20. The lowest BCUT2D eigenvalue weighted by molar-refractivity contribution is -0.141. The van der Waals surface area contributed by atoms with E-state index in [1.54, 1.807) is 0 Å². The zero-order chi connectivity index (χ0) is 14.1. The molecular weight excluding hydrogens is 240 g/mol. The first-order valence-electron chi connectivity index (χ1n) is 5.64. The first-order valence-corrected chi connectivity index (χ1v) is 5.64. The fraction of sp³-hybridized carbons (Fsp3) is 0.727. The second kappa shape index (κ2) is 8.32. The first-order chi connectivity index (χ1) is 8.36. The molecule has 0 bridgehead atoms. The number of carboxylic acids is 1. The van der Waals surface area contributed by atoms with Crippen LogP contribution < -0.4 is 5.32 Å². The van der Waals surface area contributed by atoms with Crippen molar-refractivity contribution in [1.82, 2.24) is 10.2 Å². The third-order valence-corrected chi connectivity index (χ3v) is 2.39. The number of ether oxygens (including phenoxy) is 1. The molecule has 0 aliphatic rings. The van der Waals surface area contributed by atoms with Crippen molar-refractivity contribution in [2.24, 2.45) is 5.92 Å². The molecule has 0 aromatic rings. The smallest absolute Gasteiger partial charge is 0.325 e. The minimum Gasteiger partial charge on any atom is -0.481 e. The van der Waals surface area contributed by atoms with Crippen molar-refractivity contribution in [3.63, 3.8) is 0 Å². The Morgan fingerprint density at radius 3 is 2.50 bits per heavy atom. The second-order valence-corrected chi connectivity index (χ2v) is 4.16. The third kappa shape index (κ3) is 7.48. The second-order valence-electron chi connectivity index (χ2n) is 4.16. The van der Waals surface area contributed by atoms with Crippen LogP contribution >= 0.6 is 0 Å². The van der Waals surface area contributed by atoms with E-state index in [0.29, 0.717) is 13.0 Å². The van der Waals surface area contributed by atoms with Gasteiger partial charge in [-0.05, 0) is 12.3 Å². The summed E-state index contributed by atoms with van der Waals surface area (Å²) in [6.07, 6.45) is 0.575. The van der Waals surface area contributed by atoms with Gasteiger partial charge in [0.1, 0.15) is 6.54 Å². The van der Waals surface area contributed by atoms with Crippen molar-refractivity contribution in [3.8, 4) is 0 Å². The molecule has 0 spiro atoms. The number of amides is 2.